The first-order chi connectivity index (χ1) is 6.38. The van der Waals surface area contributed by atoms with Crippen molar-refractivity contribution in [3.63, 3.8) is 0 Å². The molecule has 0 saturated carbocycles. The molecule has 0 aliphatic heterocycles. The van der Waals surface area contributed by atoms with Crippen LogP contribution >= 0.6 is 0 Å². The molecule has 0 amide bonds. The van der Waals surface area contributed by atoms with Crippen LogP contribution in [0.3, 0.4) is 0 Å². The largest absolute Gasteiger partial charge is 0.303 e. The molecule has 0 radical (unpaired) electrons. The van der Waals surface area contributed by atoms with E-state index in [9.17, 15) is 9.59 Å². The molecule has 2 nitrogen and oxygen atoms in total. The van der Waals surface area contributed by atoms with Crippen LogP contribution in [0.2, 0.25) is 0 Å². The lowest BCUT2D eigenvalue weighted by atomic mass is 10.0. The summed E-state index contributed by atoms with van der Waals surface area (Å²) >= 11 is 0. The average Bonchev–Trinajstić information content (AvgIpc) is 2.19. The molecule has 1 aromatic rings. The van der Waals surface area contributed by atoms with E-state index in [1.165, 1.54) is 6.08 Å². The predicted octanol–water partition coefficient (Wildman–Crippen LogP) is 1.86. The molecule has 0 saturated heterocycles. The standard InChI is InChI=1S/C11H10O2/c12-8-6-11(7-9-13)10-4-2-1-3-5-10/h1-6,8-9H,7H2/b11-6+. The van der Waals surface area contributed by atoms with Crippen molar-refractivity contribution in [2.45, 2.75) is 6.42 Å². The van der Waals surface area contributed by atoms with Crippen molar-refractivity contribution in [2.75, 3.05) is 0 Å². The summed E-state index contributed by atoms with van der Waals surface area (Å²) in [6.07, 6.45) is 3.20. The third-order valence-corrected chi connectivity index (χ3v) is 1.72. The third kappa shape index (κ3) is 2.67. The van der Waals surface area contributed by atoms with E-state index in [1.807, 2.05) is 30.3 Å². The number of carbonyl (C=O) groups is 2. The maximum Gasteiger partial charge on any atom is 0.143 e. The Morgan fingerprint density at radius 1 is 1.15 bits per heavy atom. The molecular formula is C11H10O2. The van der Waals surface area contributed by atoms with Gasteiger partial charge in [0.2, 0.25) is 0 Å². The van der Waals surface area contributed by atoms with Crippen LogP contribution in [0.5, 0.6) is 0 Å². The lowest BCUT2D eigenvalue weighted by Gasteiger charge is -2.00. The summed E-state index contributed by atoms with van der Waals surface area (Å²) in [7, 11) is 0. The van der Waals surface area contributed by atoms with Crippen LogP contribution in [0.1, 0.15) is 12.0 Å². The van der Waals surface area contributed by atoms with Gasteiger partial charge in [0.15, 0.2) is 0 Å². The number of benzene rings is 1. The van der Waals surface area contributed by atoms with Gasteiger partial charge in [0, 0.05) is 6.42 Å². The highest BCUT2D eigenvalue weighted by Crippen LogP contribution is 2.15. The predicted molar refractivity (Wildman–Crippen MR) is 51.2 cm³/mol. The Hall–Kier alpha value is -1.70. The molecular weight excluding hydrogens is 164 g/mol. The highest BCUT2D eigenvalue weighted by molar-refractivity contribution is 5.86. The topological polar surface area (TPSA) is 34.1 Å². The average molecular weight is 174 g/mol. The summed E-state index contributed by atoms with van der Waals surface area (Å²) < 4.78 is 0. The van der Waals surface area contributed by atoms with Gasteiger partial charge in [-0.15, -0.1) is 0 Å². The summed E-state index contributed by atoms with van der Waals surface area (Å²) in [6, 6.07) is 9.39. The van der Waals surface area contributed by atoms with E-state index in [0.29, 0.717) is 6.29 Å². The van der Waals surface area contributed by atoms with Gasteiger partial charge < -0.3 is 4.79 Å². The zero-order chi connectivity index (χ0) is 9.52. The van der Waals surface area contributed by atoms with Crippen molar-refractivity contribution in [1.82, 2.24) is 0 Å². The maximum absolute atomic E-state index is 10.3. The van der Waals surface area contributed by atoms with Crippen LogP contribution in [0.4, 0.5) is 0 Å². The van der Waals surface area contributed by atoms with E-state index >= 15 is 0 Å². The Bertz CT molecular complexity index is 312. The van der Waals surface area contributed by atoms with Crippen LogP contribution in [0, 0.1) is 0 Å². The van der Waals surface area contributed by atoms with Gasteiger partial charge in [-0.1, -0.05) is 30.3 Å². The first-order valence-corrected chi connectivity index (χ1v) is 4.02. The molecule has 2 heteroatoms. The number of aldehydes is 2. The fraction of sp³-hybridized carbons (Fsp3) is 0.0909. The number of rotatable bonds is 4. The second-order valence-electron chi connectivity index (χ2n) is 2.56. The molecule has 0 bridgehead atoms. The molecule has 0 spiro atoms. The molecule has 66 valence electrons. The molecule has 1 rings (SSSR count). The van der Waals surface area contributed by atoms with Crippen LogP contribution < -0.4 is 0 Å². The Balaban J connectivity index is 2.95. The summed E-state index contributed by atoms with van der Waals surface area (Å²) in [4.78, 5) is 20.6. The molecule has 0 fully saturated rings. The van der Waals surface area contributed by atoms with Crippen molar-refractivity contribution in [1.29, 1.82) is 0 Å². The maximum atomic E-state index is 10.3. The first kappa shape index (κ1) is 9.39. The van der Waals surface area contributed by atoms with Gasteiger partial charge in [-0.3, -0.25) is 4.79 Å². The van der Waals surface area contributed by atoms with Gasteiger partial charge in [0.1, 0.15) is 12.6 Å². The highest BCUT2D eigenvalue weighted by atomic mass is 16.1. The molecule has 0 aromatic heterocycles. The van der Waals surface area contributed by atoms with E-state index in [-0.39, 0.29) is 6.42 Å². The Morgan fingerprint density at radius 3 is 2.38 bits per heavy atom. The summed E-state index contributed by atoms with van der Waals surface area (Å²) in [6.45, 7) is 0. The monoisotopic (exact) mass is 174 g/mol. The minimum atomic E-state index is 0.281. The minimum absolute atomic E-state index is 0.281. The van der Waals surface area contributed by atoms with Gasteiger partial charge in [-0.25, -0.2) is 0 Å². The number of allylic oxidation sites excluding steroid dienone is 2. The van der Waals surface area contributed by atoms with Gasteiger partial charge in [0.25, 0.3) is 0 Å². The van der Waals surface area contributed by atoms with Crippen LogP contribution in [-0.2, 0) is 9.59 Å². The lowest BCUT2D eigenvalue weighted by molar-refractivity contribution is -0.107. The van der Waals surface area contributed by atoms with Crippen molar-refractivity contribution in [3.8, 4) is 0 Å². The zero-order valence-corrected chi connectivity index (χ0v) is 7.14. The minimum Gasteiger partial charge on any atom is -0.303 e. The molecule has 0 aliphatic carbocycles. The zero-order valence-electron chi connectivity index (χ0n) is 7.14. The quantitative estimate of drug-likeness (QED) is 0.515. The molecule has 0 aliphatic rings. The third-order valence-electron chi connectivity index (χ3n) is 1.72. The Labute approximate surface area is 76.9 Å². The highest BCUT2D eigenvalue weighted by Gasteiger charge is 1.98. The number of hydrogen-bond donors (Lipinski definition) is 0. The van der Waals surface area contributed by atoms with E-state index < -0.39 is 0 Å². The van der Waals surface area contributed by atoms with Crippen molar-refractivity contribution in [3.05, 3.63) is 42.0 Å². The normalized spacial score (nSPS) is 10.9. The van der Waals surface area contributed by atoms with Crippen LogP contribution in [0.15, 0.2) is 36.4 Å². The molecule has 0 heterocycles. The van der Waals surface area contributed by atoms with Crippen molar-refractivity contribution in [2.24, 2.45) is 0 Å². The van der Waals surface area contributed by atoms with Crippen LogP contribution in [0.25, 0.3) is 5.57 Å². The SMILES string of the molecule is O=C/C=C(\CC=O)c1ccccc1. The van der Waals surface area contributed by atoms with Crippen molar-refractivity contribution < 1.29 is 9.59 Å². The molecule has 13 heavy (non-hydrogen) atoms. The first-order valence-electron chi connectivity index (χ1n) is 4.02. The van der Waals surface area contributed by atoms with Gasteiger partial charge in [-0.2, -0.15) is 0 Å². The molecule has 0 N–H and O–H groups in total. The van der Waals surface area contributed by atoms with E-state index in [0.717, 1.165) is 17.4 Å². The van der Waals surface area contributed by atoms with E-state index in [4.69, 9.17) is 0 Å². The van der Waals surface area contributed by atoms with E-state index in [1.54, 1.807) is 0 Å². The second kappa shape index (κ2) is 5.04. The Kier molecular flexibility index (Phi) is 3.64. The number of hydrogen-bond acceptors (Lipinski definition) is 2. The molecule has 0 atom stereocenters. The molecule has 0 unspecified atom stereocenters. The fourth-order valence-electron chi connectivity index (χ4n) is 1.11. The summed E-state index contributed by atoms with van der Waals surface area (Å²) in [5.74, 6) is 0. The smallest absolute Gasteiger partial charge is 0.143 e. The van der Waals surface area contributed by atoms with Gasteiger partial charge >= 0.3 is 0 Å². The summed E-state index contributed by atoms with van der Waals surface area (Å²) in [5, 5.41) is 0. The van der Waals surface area contributed by atoms with Crippen LogP contribution in [-0.4, -0.2) is 12.6 Å². The fourth-order valence-corrected chi connectivity index (χ4v) is 1.11. The van der Waals surface area contributed by atoms with Crippen molar-refractivity contribution >= 4 is 18.1 Å². The second-order valence-corrected chi connectivity index (χ2v) is 2.56. The van der Waals surface area contributed by atoms with Gasteiger partial charge in [-0.05, 0) is 17.2 Å². The molecule has 1 aromatic carbocycles. The van der Waals surface area contributed by atoms with E-state index in [2.05, 4.69) is 0 Å². The Morgan fingerprint density at radius 2 is 1.85 bits per heavy atom. The number of carbonyl (C=O) groups excluding carboxylic acids is 2. The van der Waals surface area contributed by atoms with Gasteiger partial charge in [0.05, 0.1) is 0 Å². The lowest BCUT2D eigenvalue weighted by Crippen LogP contribution is -1.86. The summed E-state index contributed by atoms with van der Waals surface area (Å²) in [5.41, 5.74) is 1.67.